The van der Waals surface area contributed by atoms with E-state index in [9.17, 15) is 0 Å². The number of para-hydroxylation sites is 1. The van der Waals surface area contributed by atoms with E-state index in [-0.39, 0.29) is 24.0 Å². The number of nitrogens with one attached hydrogen (secondary N) is 1. The Bertz CT molecular complexity index is 562. The monoisotopic (exact) mass is 473 g/mol. The van der Waals surface area contributed by atoms with Crippen LogP contribution in [0.5, 0.6) is 0 Å². The summed E-state index contributed by atoms with van der Waals surface area (Å²) in [7, 11) is 0. The van der Waals surface area contributed by atoms with Crippen molar-refractivity contribution in [2.75, 3.05) is 51.0 Å². The summed E-state index contributed by atoms with van der Waals surface area (Å²) in [5.74, 6) is 1.67. The summed E-state index contributed by atoms with van der Waals surface area (Å²) >= 11 is 0. The quantitative estimate of drug-likeness (QED) is 0.285. The highest BCUT2D eigenvalue weighted by Crippen LogP contribution is 2.27. The van der Waals surface area contributed by atoms with E-state index in [1.165, 1.54) is 11.3 Å². The largest absolute Gasteiger partial charge is 0.381 e. The Morgan fingerprint density at radius 1 is 1.31 bits per heavy atom. The molecule has 0 radical (unpaired) electrons. The Morgan fingerprint density at radius 2 is 2.12 bits per heavy atom. The number of fused-ring (bicyclic) bond motifs is 1. The summed E-state index contributed by atoms with van der Waals surface area (Å²) in [6.45, 7) is 8.25. The number of nitrogens with zero attached hydrogens (tertiary/aromatic N) is 2. The van der Waals surface area contributed by atoms with E-state index in [1.807, 2.05) is 0 Å². The molecule has 1 N–H and O–H groups in total. The third kappa shape index (κ3) is 6.09. The molecule has 0 atom stereocenters. The van der Waals surface area contributed by atoms with Gasteiger partial charge in [-0.05, 0) is 50.2 Å². The molecule has 5 nitrogen and oxygen atoms in total. The van der Waals surface area contributed by atoms with Crippen LogP contribution in [-0.4, -0.2) is 52.0 Å². The minimum absolute atomic E-state index is 0. The number of benzene rings is 1. The van der Waals surface area contributed by atoms with Crippen LogP contribution in [0, 0.1) is 5.92 Å². The van der Waals surface area contributed by atoms with Gasteiger partial charge in [-0.3, -0.25) is 4.99 Å². The fourth-order valence-corrected chi connectivity index (χ4v) is 3.47. The van der Waals surface area contributed by atoms with Crippen molar-refractivity contribution in [2.24, 2.45) is 10.9 Å². The van der Waals surface area contributed by atoms with Gasteiger partial charge < -0.3 is 19.7 Å². The van der Waals surface area contributed by atoms with Crippen molar-refractivity contribution < 1.29 is 9.47 Å². The summed E-state index contributed by atoms with van der Waals surface area (Å²) < 4.78 is 11.2. The molecule has 26 heavy (non-hydrogen) atoms. The number of ether oxygens (including phenoxy) is 2. The standard InChI is InChI=1S/C20H31N3O2.HI/c1-2-21-20(23-12-8-18-6-3-4-7-19(18)23)22-11-5-13-25-16-17-9-14-24-15-10-17;/h3-4,6-7,17H,2,5,8-16H2,1H3,(H,21,22);1H. The first-order valence-electron chi connectivity index (χ1n) is 9.67. The van der Waals surface area contributed by atoms with E-state index in [0.29, 0.717) is 5.92 Å². The summed E-state index contributed by atoms with van der Waals surface area (Å²) in [5, 5.41) is 3.43. The van der Waals surface area contributed by atoms with E-state index < -0.39 is 0 Å². The molecule has 2 aliphatic rings. The number of guanidine groups is 1. The van der Waals surface area contributed by atoms with Crippen LogP contribution in [0.1, 0.15) is 31.7 Å². The molecule has 3 rings (SSSR count). The highest BCUT2D eigenvalue weighted by atomic mass is 127. The van der Waals surface area contributed by atoms with E-state index in [2.05, 4.69) is 41.4 Å². The van der Waals surface area contributed by atoms with Gasteiger partial charge in [-0.15, -0.1) is 24.0 Å². The van der Waals surface area contributed by atoms with Gasteiger partial charge in [0, 0.05) is 51.7 Å². The molecule has 0 saturated carbocycles. The van der Waals surface area contributed by atoms with Crippen LogP contribution in [0.15, 0.2) is 29.3 Å². The van der Waals surface area contributed by atoms with Crippen molar-refractivity contribution in [3.8, 4) is 0 Å². The Balaban J connectivity index is 0.00000243. The molecule has 0 aliphatic carbocycles. The molecule has 1 fully saturated rings. The minimum atomic E-state index is 0. The van der Waals surface area contributed by atoms with Crippen LogP contribution in [0.2, 0.25) is 0 Å². The Hall–Kier alpha value is -0.860. The molecule has 2 aliphatic heterocycles. The molecular weight excluding hydrogens is 441 g/mol. The molecule has 6 heteroatoms. The lowest BCUT2D eigenvalue weighted by Crippen LogP contribution is -2.40. The molecule has 0 aromatic heterocycles. The Labute approximate surface area is 174 Å². The Kier molecular flexibility index (Phi) is 9.71. The van der Waals surface area contributed by atoms with Crippen molar-refractivity contribution >= 4 is 35.6 Å². The lowest BCUT2D eigenvalue weighted by molar-refractivity contribution is 0.0205. The zero-order valence-corrected chi connectivity index (χ0v) is 18.1. The number of aliphatic imine (C=N–C) groups is 1. The van der Waals surface area contributed by atoms with Crippen LogP contribution in [0.3, 0.4) is 0 Å². The molecule has 0 amide bonds. The van der Waals surface area contributed by atoms with Crippen LogP contribution in [0.25, 0.3) is 0 Å². The maximum Gasteiger partial charge on any atom is 0.198 e. The van der Waals surface area contributed by atoms with Crippen LogP contribution in [0.4, 0.5) is 5.69 Å². The molecule has 0 spiro atoms. The fourth-order valence-electron chi connectivity index (χ4n) is 3.47. The van der Waals surface area contributed by atoms with Crippen LogP contribution in [-0.2, 0) is 15.9 Å². The highest BCUT2D eigenvalue weighted by molar-refractivity contribution is 14.0. The van der Waals surface area contributed by atoms with Gasteiger partial charge in [-0.1, -0.05) is 18.2 Å². The van der Waals surface area contributed by atoms with E-state index in [0.717, 1.165) is 77.7 Å². The van der Waals surface area contributed by atoms with Gasteiger partial charge in [0.2, 0.25) is 0 Å². The molecule has 146 valence electrons. The van der Waals surface area contributed by atoms with Crippen LogP contribution < -0.4 is 10.2 Å². The van der Waals surface area contributed by atoms with E-state index in [4.69, 9.17) is 14.5 Å². The number of hydrogen-bond acceptors (Lipinski definition) is 3. The van der Waals surface area contributed by atoms with Crippen molar-refractivity contribution in [3.05, 3.63) is 29.8 Å². The van der Waals surface area contributed by atoms with Gasteiger partial charge in [0.05, 0.1) is 0 Å². The third-order valence-corrected chi connectivity index (χ3v) is 4.88. The summed E-state index contributed by atoms with van der Waals surface area (Å²) in [6.07, 6.45) is 4.33. The lowest BCUT2D eigenvalue weighted by Gasteiger charge is -2.22. The average molecular weight is 473 g/mol. The maximum absolute atomic E-state index is 5.84. The van der Waals surface area contributed by atoms with Crippen molar-refractivity contribution in [2.45, 2.75) is 32.6 Å². The van der Waals surface area contributed by atoms with E-state index in [1.54, 1.807) is 0 Å². The highest BCUT2D eigenvalue weighted by Gasteiger charge is 2.22. The second-order valence-electron chi connectivity index (χ2n) is 6.75. The van der Waals surface area contributed by atoms with Gasteiger partial charge in [0.15, 0.2) is 5.96 Å². The molecule has 1 aromatic carbocycles. The van der Waals surface area contributed by atoms with Gasteiger partial charge >= 0.3 is 0 Å². The summed E-state index contributed by atoms with van der Waals surface area (Å²) in [5.41, 5.74) is 2.70. The normalized spacial score (nSPS) is 17.7. The van der Waals surface area contributed by atoms with Gasteiger partial charge in [-0.2, -0.15) is 0 Å². The first-order valence-corrected chi connectivity index (χ1v) is 9.67. The van der Waals surface area contributed by atoms with E-state index >= 15 is 0 Å². The lowest BCUT2D eigenvalue weighted by atomic mass is 10.0. The maximum atomic E-state index is 5.84. The molecule has 1 aromatic rings. The number of halogens is 1. The smallest absolute Gasteiger partial charge is 0.198 e. The second-order valence-corrected chi connectivity index (χ2v) is 6.75. The fraction of sp³-hybridized carbons (Fsp3) is 0.650. The van der Waals surface area contributed by atoms with Crippen molar-refractivity contribution in [1.82, 2.24) is 5.32 Å². The second kappa shape index (κ2) is 11.8. The number of rotatable bonds is 7. The molecule has 0 unspecified atom stereocenters. The first-order chi connectivity index (χ1) is 12.4. The predicted octanol–water partition coefficient (Wildman–Crippen LogP) is 3.47. The average Bonchev–Trinajstić information content (AvgIpc) is 3.08. The van der Waals surface area contributed by atoms with Crippen molar-refractivity contribution in [3.63, 3.8) is 0 Å². The van der Waals surface area contributed by atoms with Gasteiger partial charge in [-0.25, -0.2) is 0 Å². The third-order valence-electron chi connectivity index (χ3n) is 4.88. The van der Waals surface area contributed by atoms with Crippen molar-refractivity contribution in [1.29, 1.82) is 0 Å². The van der Waals surface area contributed by atoms with Crippen LogP contribution >= 0.6 is 24.0 Å². The topological polar surface area (TPSA) is 46.1 Å². The zero-order valence-electron chi connectivity index (χ0n) is 15.8. The SMILES string of the molecule is CCNC(=NCCCOCC1CCOCC1)N1CCc2ccccc21.I. The van der Waals surface area contributed by atoms with Gasteiger partial charge in [0.25, 0.3) is 0 Å². The molecule has 0 bridgehead atoms. The summed E-state index contributed by atoms with van der Waals surface area (Å²) in [6, 6.07) is 8.61. The number of anilines is 1. The molecule has 1 saturated heterocycles. The number of hydrogen-bond donors (Lipinski definition) is 1. The zero-order chi connectivity index (χ0) is 17.3. The predicted molar refractivity (Wildman–Crippen MR) is 118 cm³/mol. The first kappa shape index (κ1) is 21.4. The molecule has 2 heterocycles. The molecular formula is C20H32IN3O2. The Morgan fingerprint density at radius 3 is 2.92 bits per heavy atom. The summed E-state index contributed by atoms with van der Waals surface area (Å²) in [4.78, 5) is 7.12. The minimum Gasteiger partial charge on any atom is -0.381 e. The van der Waals surface area contributed by atoms with Gasteiger partial charge in [0.1, 0.15) is 0 Å².